The lowest BCUT2D eigenvalue weighted by atomic mass is 9.93. The summed E-state index contributed by atoms with van der Waals surface area (Å²) in [4.78, 5) is 0. The summed E-state index contributed by atoms with van der Waals surface area (Å²) in [6.07, 6.45) is 14.2. The Morgan fingerprint density at radius 3 is 1.56 bits per heavy atom. The Balaban J connectivity index is 1.25. The second-order valence-electron chi connectivity index (χ2n) is 9.76. The van der Waals surface area contributed by atoms with Crippen molar-refractivity contribution in [3.63, 3.8) is 0 Å². The number of rotatable bonds is 11. The molecule has 4 aromatic carbocycles. The summed E-state index contributed by atoms with van der Waals surface area (Å²) < 4.78 is 0. The molecule has 0 amide bonds. The molecule has 0 aromatic heterocycles. The van der Waals surface area contributed by atoms with Crippen molar-refractivity contribution in [1.82, 2.24) is 0 Å². The maximum Gasteiger partial charge on any atom is -0.0150 e. The number of allylic oxidation sites excluding steroid dienone is 2. The van der Waals surface area contributed by atoms with Gasteiger partial charge in [-0.15, -0.1) is 0 Å². The van der Waals surface area contributed by atoms with E-state index >= 15 is 0 Å². The van der Waals surface area contributed by atoms with E-state index < -0.39 is 0 Å². The topological polar surface area (TPSA) is 0 Å². The average Bonchev–Trinajstić information content (AvgIpc) is 2.93. The van der Waals surface area contributed by atoms with Gasteiger partial charge in [0, 0.05) is 0 Å². The van der Waals surface area contributed by atoms with Gasteiger partial charge in [-0.3, -0.25) is 0 Å². The summed E-state index contributed by atoms with van der Waals surface area (Å²) in [5.74, 6) is 0.527. The first-order valence-corrected chi connectivity index (χ1v) is 13.3. The highest BCUT2D eigenvalue weighted by Crippen LogP contribution is 2.21. The Morgan fingerprint density at radius 1 is 0.556 bits per heavy atom. The van der Waals surface area contributed by atoms with E-state index in [2.05, 4.69) is 141 Å². The standard InChI is InChI=1S/C36H38/c1-3-4-6-9-30-12-14-31(15-13-30)16-17-32-18-20-33(21-19-32)22-23-34-24-26-35(27-25-34)28-29(2)36-10-7-5-8-11-36/h3-5,7-8,10-15,18-27,29H,6,9,16-17,28H2,1-2H3/t29-/m0/s1. The van der Waals surface area contributed by atoms with Gasteiger partial charge in [0.2, 0.25) is 0 Å². The van der Waals surface area contributed by atoms with Crippen molar-refractivity contribution >= 4 is 12.2 Å². The molecule has 0 N–H and O–H groups in total. The molecule has 4 rings (SSSR count). The quantitative estimate of drug-likeness (QED) is 0.151. The molecular weight excluding hydrogens is 432 g/mol. The summed E-state index contributed by atoms with van der Waals surface area (Å²) in [5, 5.41) is 0. The van der Waals surface area contributed by atoms with E-state index in [9.17, 15) is 0 Å². The Bertz CT molecular complexity index is 1220. The van der Waals surface area contributed by atoms with Gasteiger partial charge in [-0.1, -0.05) is 134 Å². The SMILES string of the molecule is CC=CCCc1ccc(CCc2ccc(C=Cc3ccc(C[C@H](C)c4ccccc4)cc3)cc2)cc1. The Hall–Kier alpha value is -3.64. The van der Waals surface area contributed by atoms with Crippen molar-refractivity contribution in [2.75, 3.05) is 0 Å². The number of benzene rings is 4. The highest BCUT2D eigenvalue weighted by molar-refractivity contribution is 5.69. The lowest BCUT2D eigenvalue weighted by Crippen LogP contribution is -1.98. The number of hydrogen-bond acceptors (Lipinski definition) is 0. The molecule has 36 heavy (non-hydrogen) atoms. The Labute approximate surface area is 218 Å². The summed E-state index contributed by atoms with van der Waals surface area (Å²) >= 11 is 0. The summed E-state index contributed by atoms with van der Waals surface area (Å²) in [5.41, 5.74) is 9.49. The van der Waals surface area contributed by atoms with E-state index in [1.807, 2.05) is 0 Å². The molecule has 0 saturated heterocycles. The van der Waals surface area contributed by atoms with Crippen molar-refractivity contribution in [3.05, 3.63) is 154 Å². The maximum atomic E-state index is 2.30. The number of hydrogen-bond donors (Lipinski definition) is 0. The fraction of sp³-hybridized carbons (Fsp3) is 0.222. The highest BCUT2D eigenvalue weighted by Gasteiger charge is 2.06. The minimum Gasteiger partial charge on any atom is -0.0917 e. The molecule has 0 saturated carbocycles. The van der Waals surface area contributed by atoms with Crippen molar-refractivity contribution in [3.8, 4) is 0 Å². The van der Waals surface area contributed by atoms with Crippen LogP contribution in [-0.2, 0) is 25.7 Å². The van der Waals surface area contributed by atoms with Gasteiger partial charge in [-0.25, -0.2) is 0 Å². The van der Waals surface area contributed by atoms with E-state index in [0.29, 0.717) is 5.92 Å². The largest absolute Gasteiger partial charge is 0.0917 e. The predicted octanol–water partition coefficient (Wildman–Crippen LogP) is 9.50. The second-order valence-corrected chi connectivity index (χ2v) is 9.76. The number of aryl methyl sites for hydroxylation is 3. The van der Waals surface area contributed by atoms with E-state index in [4.69, 9.17) is 0 Å². The monoisotopic (exact) mass is 470 g/mol. The van der Waals surface area contributed by atoms with Crippen LogP contribution in [-0.4, -0.2) is 0 Å². The van der Waals surface area contributed by atoms with Gasteiger partial charge in [-0.05, 0) is 83.9 Å². The molecule has 0 aliphatic heterocycles. The molecule has 0 bridgehead atoms. The van der Waals surface area contributed by atoms with Crippen molar-refractivity contribution in [1.29, 1.82) is 0 Å². The van der Waals surface area contributed by atoms with Gasteiger partial charge in [0.25, 0.3) is 0 Å². The minimum atomic E-state index is 0.527. The molecule has 0 radical (unpaired) electrons. The summed E-state index contributed by atoms with van der Waals surface area (Å²) in [7, 11) is 0. The fourth-order valence-electron chi connectivity index (χ4n) is 4.58. The normalized spacial score (nSPS) is 12.4. The van der Waals surface area contributed by atoms with Gasteiger partial charge >= 0.3 is 0 Å². The molecule has 0 aliphatic rings. The molecule has 0 spiro atoms. The summed E-state index contributed by atoms with van der Waals surface area (Å²) in [6, 6.07) is 37.9. The predicted molar refractivity (Wildman–Crippen MR) is 157 cm³/mol. The molecule has 0 heteroatoms. The molecular formula is C36H38. The van der Waals surface area contributed by atoms with Crippen LogP contribution in [0.3, 0.4) is 0 Å². The molecule has 0 heterocycles. The highest BCUT2D eigenvalue weighted by atomic mass is 14.1. The Morgan fingerprint density at radius 2 is 1.03 bits per heavy atom. The van der Waals surface area contributed by atoms with E-state index in [0.717, 1.165) is 32.1 Å². The Kier molecular flexibility index (Phi) is 9.51. The van der Waals surface area contributed by atoms with E-state index in [1.54, 1.807) is 0 Å². The van der Waals surface area contributed by atoms with Crippen LogP contribution in [0.5, 0.6) is 0 Å². The third-order valence-electron chi connectivity index (χ3n) is 6.90. The van der Waals surface area contributed by atoms with Gasteiger partial charge in [0.1, 0.15) is 0 Å². The van der Waals surface area contributed by atoms with Crippen LogP contribution < -0.4 is 0 Å². The first kappa shape index (κ1) is 25.5. The zero-order valence-corrected chi connectivity index (χ0v) is 21.7. The van der Waals surface area contributed by atoms with Gasteiger partial charge in [-0.2, -0.15) is 0 Å². The van der Waals surface area contributed by atoms with E-state index in [1.165, 1.54) is 38.9 Å². The summed E-state index contributed by atoms with van der Waals surface area (Å²) in [6.45, 7) is 4.38. The molecule has 1 atom stereocenters. The zero-order chi connectivity index (χ0) is 25.0. The average molecular weight is 471 g/mol. The van der Waals surface area contributed by atoms with Gasteiger partial charge < -0.3 is 0 Å². The van der Waals surface area contributed by atoms with Crippen molar-refractivity contribution in [2.24, 2.45) is 0 Å². The third-order valence-corrected chi connectivity index (χ3v) is 6.90. The van der Waals surface area contributed by atoms with Crippen LogP contribution in [0.2, 0.25) is 0 Å². The zero-order valence-electron chi connectivity index (χ0n) is 21.7. The minimum absolute atomic E-state index is 0.527. The maximum absolute atomic E-state index is 2.30. The molecule has 182 valence electrons. The molecule has 0 nitrogen and oxygen atoms in total. The molecule has 4 aromatic rings. The van der Waals surface area contributed by atoms with Crippen LogP contribution in [0.25, 0.3) is 12.2 Å². The molecule has 0 aliphatic carbocycles. The van der Waals surface area contributed by atoms with Crippen molar-refractivity contribution < 1.29 is 0 Å². The lowest BCUT2D eigenvalue weighted by molar-refractivity contribution is 0.759. The van der Waals surface area contributed by atoms with Crippen LogP contribution in [0, 0.1) is 0 Å². The fourth-order valence-corrected chi connectivity index (χ4v) is 4.58. The van der Waals surface area contributed by atoms with Crippen molar-refractivity contribution in [2.45, 2.75) is 51.9 Å². The first-order chi connectivity index (χ1) is 17.7. The third kappa shape index (κ3) is 7.95. The van der Waals surface area contributed by atoms with Gasteiger partial charge in [0.15, 0.2) is 0 Å². The van der Waals surface area contributed by atoms with Crippen LogP contribution in [0.1, 0.15) is 65.1 Å². The van der Waals surface area contributed by atoms with Crippen LogP contribution in [0.4, 0.5) is 0 Å². The van der Waals surface area contributed by atoms with E-state index in [-0.39, 0.29) is 0 Å². The second kappa shape index (κ2) is 13.4. The molecule has 0 unspecified atom stereocenters. The smallest absolute Gasteiger partial charge is 0.0150 e. The van der Waals surface area contributed by atoms with Crippen LogP contribution >= 0.6 is 0 Å². The molecule has 0 fully saturated rings. The van der Waals surface area contributed by atoms with Crippen LogP contribution in [0.15, 0.2) is 115 Å². The first-order valence-electron chi connectivity index (χ1n) is 13.3. The van der Waals surface area contributed by atoms with Gasteiger partial charge in [0.05, 0.1) is 0 Å². The lowest BCUT2D eigenvalue weighted by Gasteiger charge is -2.12.